The van der Waals surface area contributed by atoms with Crippen LogP contribution in [0, 0.1) is 6.92 Å². The molecular formula is C13H17N3. The average molecular weight is 215 g/mol. The van der Waals surface area contributed by atoms with Crippen molar-refractivity contribution in [1.29, 1.82) is 0 Å². The highest BCUT2D eigenvalue weighted by Gasteiger charge is 1.98. The highest BCUT2D eigenvalue weighted by molar-refractivity contribution is 5.62. The molecule has 1 heterocycles. The number of benzene rings is 1. The molecule has 0 aliphatic carbocycles. The minimum atomic E-state index is 0.741. The molecule has 0 radical (unpaired) electrons. The van der Waals surface area contributed by atoms with Crippen molar-refractivity contribution in [2.45, 2.75) is 20.8 Å². The minimum absolute atomic E-state index is 0.741. The third-order valence-corrected chi connectivity index (χ3v) is 1.96. The number of nitrogen functional groups attached to an aromatic ring is 1. The third kappa shape index (κ3) is 3.05. The van der Waals surface area contributed by atoms with Gasteiger partial charge in [-0.05, 0) is 19.1 Å². The van der Waals surface area contributed by atoms with E-state index in [2.05, 4.69) is 9.97 Å². The summed E-state index contributed by atoms with van der Waals surface area (Å²) in [5.74, 6) is 0. The van der Waals surface area contributed by atoms with Crippen LogP contribution in [0.1, 0.15) is 19.5 Å². The number of anilines is 1. The zero-order valence-corrected chi connectivity index (χ0v) is 9.94. The quantitative estimate of drug-likeness (QED) is 0.744. The predicted octanol–water partition coefficient (Wildman–Crippen LogP) is 3.06. The highest BCUT2D eigenvalue weighted by Crippen LogP contribution is 2.17. The van der Waals surface area contributed by atoms with Crippen LogP contribution in [0.15, 0.2) is 36.7 Å². The first-order chi connectivity index (χ1) is 7.75. The van der Waals surface area contributed by atoms with E-state index in [-0.39, 0.29) is 0 Å². The monoisotopic (exact) mass is 215 g/mol. The van der Waals surface area contributed by atoms with Crippen molar-refractivity contribution in [3.05, 3.63) is 42.4 Å². The Morgan fingerprint density at radius 1 is 1.06 bits per heavy atom. The normalized spacial score (nSPS) is 9.19. The number of hydrogen-bond acceptors (Lipinski definition) is 3. The Hall–Kier alpha value is -1.90. The maximum Gasteiger partial charge on any atom is 0.0886 e. The summed E-state index contributed by atoms with van der Waals surface area (Å²) in [4.78, 5) is 8.45. The standard InChI is InChI=1S/C11H11N3.C2H6/c1-8-6-14-11(7-13-8)9-3-2-4-10(12)5-9;1-2/h2-7H,12H2,1H3;1-2H3. The van der Waals surface area contributed by atoms with E-state index >= 15 is 0 Å². The van der Waals surface area contributed by atoms with Crippen molar-refractivity contribution in [2.24, 2.45) is 0 Å². The second kappa shape index (κ2) is 5.85. The Bertz CT molecular complexity index is 435. The van der Waals surface area contributed by atoms with Crippen LogP contribution in [-0.4, -0.2) is 9.97 Å². The number of aryl methyl sites for hydroxylation is 1. The summed E-state index contributed by atoms with van der Waals surface area (Å²) in [6, 6.07) is 7.62. The molecule has 84 valence electrons. The Morgan fingerprint density at radius 3 is 2.38 bits per heavy atom. The van der Waals surface area contributed by atoms with Crippen LogP contribution >= 0.6 is 0 Å². The maximum absolute atomic E-state index is 5.68. The van der Waals surface area contributed by atoms with Gasteiger partial charge < -0.3 is 5.73 Å². The molecule has 3 nitrogen and oxygen atoms in total. The van der Waals surface area contributed by atoms with Crippen molar-refractivity contribution in [3.8, 4) is 11.3 Å². The van der Waals surface area contributed by atoms with E-state index in [1.165, 1.54) is 0 Å². The molecule has 0 unspecified atom stereocenters. The van der Waals surface area contributed by atoms with Gasteiger partial charge in [0.15, 0.2) is 0 Å². The minimum Gasteiger partial charge on any atom is -0.399 e. The van der Waals surface area contributed by atoms with Crippen LogP contribution < -0.4 is 5.73 Å². The van der Waals surface area contributed by atoms with Crippen molar-refractivity contribution in [3.63, 3.8) is 0 Å². The molecule has 2 aromatic rings. The van der Waals surface area contributed by atoms with Crippen molar-refractivity contribution >= 4 is 5.69 Å². The van der Waals surface area contributed by atoms with Crippen molar-refractivity contribution in [1.82, 2.24) is 9.97 Å². The fourth-order valence-electron chi connectivity index (χ4n) is 1.24. The fraction of sp³-hybridized carbons (Fsp3) is 0.231. The SMILES string of the molecule is CC.Cc1cnc(-c2cccc(N)c2)cn1. The predicted molar refractivity (Wildman–Crippen MR) is 68.0 cm³/mol. The molecular weight excluding hydrogens is 198 g/mol. The van der Waals surface area contributed by atoms with E-state index in [0.717, 1.165) is 22.6 Å². The van der Waals surface area contributed by atoms with E-state index in [1.54, 1.807) is 12.4 Å². The molecule has 2 rings (SSSR count). The Labute approximate surface area is 96.4 Å². The van der Waals surface area contributed by atoms with E-state index in [4.69, 9.17) is 5.73 Å². The summed E-state index contributed by atoms with van der Waals surface area (Å²) < 4.78 is 0. The zero-order valence-electron chi connectivity index (χ0n) is 9.94. The summed E-state index contributed by atoms with van der Waals surface area (Å²) in [6.45, 7) is 5.91. The molecule has 3 heteroatoms. The van der Waals surface area contributed by atoms with Gasteiger partial charge in [0.2, 0.25) is 0 Å². The Morgan fingerprint density at radius 2 is 1.81 bits per heavy atom. The fourth-order valence-corrected chi connectivity index (χ4v) is 1.24. The van der Waals surface area contributed by atoms with Gasteiger partial charge in [-0.25, -0.2) is 0 Å². The van der Waals surface area contributed by atoms with Crippen LogP contribution in [0.2, 0.25) is 0 Å². The van der Waals surface area contributed by atoms with Crippen LogP contribution in [0.3, 0.4) is 0 Å². The van der Waals surface area contributed by atoms with Crippen LogP contribution in [-0.2, 0) is 0 Å². The topological polar surface area (TPSA) is 51.8 Å². The molecule has 0 spiro atoms. The first-order valence-corrected chi connectivity index (χ1v) is 5.40. The summed E-state index contributed by atoms with van der Waals surface area (Å²) in [5.41, 5.74) is 9.18. The highest BCUT2D eigenvalue weighted by atomic mass is 14.8. The van der Waals surface area contributed by atoms with Crippen LogP contribution in [0.4, 0.5) is 5.69 Å². The van der Waals surface area contributed by atoms with Gasteiger partial charge in [0, 0.05) is 17.4 Å². The second-order valence-corrected chi connectivity index (χ2v) is 3.17. The smallest absolute Gasteiger partial charge is 0.0886 e. The summed E-state index contributed by atoms with van der Waals surface area (Å²) >= 11 is 0. The molecule has 0 saturated heterocycles. The van der Waals surface area contributed by atoms with E-state index < -0.39 is 0 Å². The number of nitrogens with two attached hydrogens (primary N) is 1. The molecule has 0 aliphatic heterocycles. The maximum atomic E-state index is 5.68. The lowest BCUT2D eigenvalue weighted by atomic mass is 10.1. The first-order valence-electron chi connectivity index (χ1n) is 5.40. The second-order valence-electron chi connectivity index (χ2n) is 3.17. The Balaban J connectivity index is 0.000000606. The Kier molecular flexibility index (Phi) is 4.45. The number of nitrogens with zero attached hydrogens (tertiary/aromatic N) is 2. The molecule has 1 aromatic heterocycles. The third-order valence-electron chi connectivity index (χ3n) is 1.96. The van der Waals surface area contributed by atoms with Gasteiger partial charge in [0.1, 0.15) is 0 Å². The van der Waals surface area contributed by atoms with Crippen LogP contribution in [0.5, 0.6) is 0 Å². The van der Waals surface area contributed by atoms with E-state index in [0.29, 0.717) is 0 Å². The van der Waals surface area contributed by atoms with Gasteiger partial charge in [0.05, 0.1) is 17.6 Å². The van der Waals surface area contributed by atoms with Crippen molar-refractivity contribution in [2.75, 3.05) is 5.73 Å². The van der Waals surface area contributed by atoms with Crippen molar-refractivity contribution < 1.29 is 0 Å². The summed E-state index contributed by atoms with van der Waals surface area (Å²) in [7, 11) is 0. The van der Waals surface area contributed by atoms with Gasteiger partial charge >= 0.3 is 0 Å². The van der Waals surface area contributed by atoms with Gasteiger partial charge in [0.25, 0.3) is 0 Å². The molecule has 2 N–H and O–H groups in total. The number of rotatable bonds is 1. The van der Waals surface area contributed by atoms with Crippen LogP contribution in [0.25, 0.3) is 11.3 Å². The number of hydrogen-bond donors (Lipinski definition) is 1. The lowest BCUT2D eigenvalue weighted by molar-refractivity contribution is 1.12. The molecule has 0 saturated carbocycles. The van der Waals surface area contributed by atoms with E-state index in [1.807, 2.05) is 45.0 Å². The zero-order chi connectivity index (χ0) is 12.0. The number of aromatic nitrogens is 2. The van der Waals surface area contributed by atoms with E-state index in [9.17, 15) is 0 Å². The van der Waals surface area contributed by atoms with Gasteiger partial charge in [-0.15, -0.1) is 0 Å². The lowest BCUT2D eigenvalue weighted by Gasteiger charge is -2.01. The molecule has 16 heavy (non-hydrogen) atoms. The van der Waals surface area contributed by atoms with Gasteiger partial charge in [-0.3, -0.25) is 9.97 Å². The summed E-state index contributed by atoms with van der Waals surface area (Å²) in [6.07, 6.45) is 3.50. The first kappa shape index (κ1) is 12.2. The molecule has 0 aliphatic rings. The molecule has 1 aromatic carbocycles. The molecule has 0 fully saturated rings. The molecule has 0 atom stereocenters. The van der Waals surface area contributed by atoms with Gasteiger partial charge in [-0.1, -0.05) is 26.0 Å². The lowest BCUT2D eigenvalue weighted by Crippen LogP contribution is -1.89. The largest absolute Gasteiger partial charge is 0.399 e. The molecule has 0 bridgehead atoms. The summed E-state index contributed by atoms with van der Waals surface area (Å²) in [5, 5.41) is 0. The molecule has 0 amide bonds. The van der Waals surface area contributed by atoms with Gasteiger partial charge in [-0.2, -0.15) is 0 Å². The average Bonchev–Trinajstić information content (AvgIpc) is 2.32.